The van der Waals surface area contributed by atoms with Gasteiger partial charge in [0.25, 0.3) is 0 Å². The first-order valence-corrected chi connectivity index (χ1v) is 4.76. The number of hydrogen-bond donors (Lipinski definition) is 1. The second-order valence-electron chi connectivity index (χ2n) is 3.64. The van der Waals surface area contributed by atoms with E-state index in [1.807, 2.05) is 38.4 Å². The molecule has 0 fully saturated rings. The molecule has 1 aromatic carbocycles. The quantitative estimate of drug-likeness (QED) is 0.647. The van der Waals surface area contributed by atoms with Crippen molar-refractivity contribution < 1.29 is 4.52 Å². The smallest absolute Gasteiger partial charge is 0.167 e. The number of nitrogens with zero attached hydrogens (tertiary/aromatic N) is 2. The molecule has 16 heavy (non-hydrogen) atoms. The van der Waals surface area contributed by atoms with Gasteiger partial charge in [-0.05, 0) is 12.1 Å². The van der Waals surface area contributed by atoms with E-state index in [0.29, 0.717) is 12.3 Å². The minimum absolute atomic E-state index is 0. The van der Waals surface area contributed by atoms with Crippen LogP contribution in [0.5, 0.6) is 0 Å². The fraction of sp³-hybridized carbons (Fsp3) is 0.273. The number of rotatable bonds is 2. The van der Waals surface area contributed by atoms with Crippen molar-refractivity contribution in [1.82, 2.24) is 10.1 Å². The number of hydrogen-bond acceptors (Lipinski definition) is 3. The number of nitrogens with one attached hydrogen (secondary N) is 1. The van der Waals surface area contributed by atoms with Gasteiger partial charge < -0.3 is 9.42 Å². The van der Waals surface area contributed by atoms with E-state index >= 15 is 0 Å². The van der Waals surface area contributed by atoms with Crippen LogP contribution in [-0.2, 0) is 6.42 Å². The molecule has 0 aliphatic heterocycles. The van der Waals surface area contributed by atoms with Crippen LogP contribution in [0.4, 0.5) is 0 Å². The molecule has 4 nitrogen and oxygen atoms in total. The fourth-order valence-corrected chi connectivity index (χ4v) is 1.38. The molecule has 5 heteroatoms. The molecule has 0 unspecified atom stereocenters. The van der Waals surface area contributed by atoms with Crippen molar-refractivity contribution in [3.8, 4) is 0 Å². The maximum Gasteiger partial charge on any atom is 0.167 e. The second-order valence-corrected chi connectivity index (χ2v) is 3.64. The summed E-state index contributed by atoms with van der Waals surface area (Å²) in [6.45, 7) is 0. The van der Waals surface area contributed by atoms with Gasteiger partial charge >= 0.3 is 0 Å². The lowest BCUT2D eigenvalue weighted by molar-refractivity contribution is 0.447. The third-order valence-electron chi connectivity index (χ3n) is 2.33. The van der Waals surface area contributed by atoms with Crippen LogP contribution in [0, 0.1) is 5.41 Å². The van der Waals surface area contributed by atoms with Gasteiger partial charge in [0.05, 0.1) is 12.1 Å². The van der Waals surface area contributed by atoms with E-state index in [4.69, 9.17) is 9.93 Å². The molecule has 0 atom stereocenters. The van der Waals surface area contributed by atoms with Gasteiger partial charge in [0.1, 0.15) is 5.84 Å². The Morgan fingerprint density at radius 1 is 1.38 bits per heavy atom. The average Bonchev–Trinajstić information content (AvgIpc) is 2.62. The predicted molar refractivity (Wildman–Crippen MR) is 66.4 cm³/mol. The maximum atomic E-state index is 7.74. The van der Waals surface area contributed by atoms with Gasteiger partial charge in [-0.25, -0.2) is 0 Å². The molecule has 1 N–H and O–H groups in total. The first kappa shape index (κ1) is 12.5. The lowest BCUT2D eigenvalue weighted by Gasteiger charge is -2.11. The van der Waals surface area contributed by atoms with Crippen molar-refractivity contribution in [2.75, 3.05) is 14.1 Å². The zero-order valence-corrected chi connectivity index (χ0v) is 10.0. The Hall–Kier alpha value is -1.55. The first-order valence-electron chi connectivity index (χ1n) is 4.76. The van der Waals surface area contributed by atoms with E-state index in [-0.39, 0.29) is 12.4 Å². The van der Waals surface area contributed by atoms with E-state index in [1.54, 1.807) is 4.90 Å². The maximum absolute atomic E-state index is 7.74. The molecule has 0 spiro atoms. The highest BCUT2D eigenvalue weighted by molar-refractivity contribution is 5.87. The molecular weight excluding hydrogens is 226 g/mol. The van der Waals surface area contributed by atoms with Crippen molar-refractivity contribution in [2.24, 2.45) is 0 Å². The Labute approximate surface area is 100 Å². The summed E-state index contributed by atoms with van der Waals surface area (Å²) in [5.74, 6) is 0.522. The molecule has 0 saturated heterocycles. The summed E-state index contributed by atoms with van der Waals surface area (Å²) in [6.07, 6.45) is 0.504. The first-order chi connectivity index (χ1) is 7.18. The number of para-hydroxylation sites is 1. The summed E-state index contributed by atoms with van der Waals surface area (Å²) in [6, 6.07) is 7.70. The van der Waals surface area contributed by atoms with E-state index in [1.165, 1.54) is 0 Å². The molecule has 2 rings (SSSR count). The molecule has 2 aromatic rings. The van der Waals surface area contributed by atoms with Crippen LogP contribution in [0.25, 0.3) is 11.0 Å². The molecule has 0 aliphatic carbocycles. The van der Waals surface area contributed by atoms with Crippen LogP contribution < -0.4 is 0 Å². The number of fused-ring (bicyclic) bond motifs is 1. The van der Waals surface area contributed by atoms with Crippen LogP contribution in [0.2, 0.25) is 0 Å². The lowest BCUT2D eigenvalue weighted by atomic mass is 10.1. The van der Waals surface area contributed by atoms with E-state index in [2.05, 4.69) is 5.16 Å². The lowest BCUT2D eigenvalue weighted by Crippen LogP contribution is -2.22. The average molecular weight is 240 g/mol. The predicted octanol–water partition coefficient (Wildman–Crippen LogP) is 2.33. The minimum Gasteiger partial charge on any atom is -0.366 e. The zero-order valence-electron chi connectivity index (χ0n) is 9.23. The number of amidine groups is 1. The highest BCUT2D eigenvalue weighted by Crippen LogP contribution is 2.18. The Morgan fingerprint density at radius 3 is 2.75 bits per heavy atom. The summed E-state index contributed by atoms with van der Waals surface area (Å²) < 4.78 is 5.16. The van der Waals surface area contributed by atoms with Crippen molar-refractivity contribution >= 4 is 29.2 Å². The highest BCUT2D eigenvalue weighted by Gasteiger charge is 2.10. The summed E-state index contributed by atoms with van der Waals surface area (Å²) in [7, 11) is 3.70. The topological polar surface area (TPSA) is 53.1 Å². The minimum atomic E-state index is 0. The number of likely N-dealkylation sites (N-methyl/N-ethyl adjacent to an activating group) is 1. The third kappa shape index (κ3) is 2.33. The SMILES string of the molecule is CN(C)C(=N)Cc1noc2ccccc12.Cl. The monoisotopic (exact) mass is 239 g/mol. The molecule has 0 bridgehead atoms. The van der Waals surface area contributed by atoms with Gasteiger partial charge in [0.2, 0.25) is 0 Å². The normalized spacial score (nSPS) is 9.88. The summed E-state index contributed by atoms with van der Waals surface area (Å²) in [5.41, 5.74) is 1.60. The van der Waals surface area contributed by atoms with Crippen LogP contribution in [-0.4, -0.2) is 30.0 Å². The van der Waals surface area contributed by atoms with Gasteiger partial charge in [0.15, 0.2) is 5.58 Å². The van der Waals surface area contributed by atoms with E-state index in [0.717, 1.165) is 16.7 Å². The fourth-order valence-electron chi connectivity index (χ4n) is 1.38. The summed E-state index contributed by atoms with van der Waals surface area (Å²) in [5, 5.41) is 12.7. The van der Waals surface area contributed by atoms with Crippen LogP contribution >= 0.6 is 12.4 Å². The summed E-state index contributed by atoms with van der Waals surface area (Å²) >= 11 is 0. The van der Waals surface area contributed by atoms with Crippen LogP contribution in [0.3, 0.4) is 0 Å². The Morgan fingerprint density at radius 2 is 2.06 bits per heavy atom. The number of aromatic nitrogens is 1. The second kappa shape index (κ2) is 4.99. The van der Waals surface area contributed by atoms with Crippen LogP contribution in [0.1, 0.15) is 5.69 Å². The zero-order chi connectivity index (χ0) is 10.8. The standard InChI is InChI=1S/C11H13N3O.ClH/c1-14(2)11(12)7-9-8-5-3-4-6-10(8)15-13-9;/h3-6,12H,7H2,1-2H3;1H. The van der Waals surface area contributed by atoms with Gasteiger partial charge in [-0.3, -0.25) is 5.41 Å². The molecule has 0 aliphatic rings. The van der Waals surface area contributed by atoms with Crippen molar-refractivity contribution in [2.45, 2.75) is 6.42 Å². The van der Waals surface area contributed by atoms with Crippen molar-refractivity contribution in [3.05, 3.63) is 30.0 Å². The van der Waals surface area contributed by atoms with Gasteiger partial charge in [-0.2, -0.15) is 0 Å². The third-order valence-corrected chi connectivity index (χ3v) is 2.33. The van der Waals surface area contributed by atoms with Crippen LogP contribution in [0.15, 0.2) is 28.8 Å². The Bertz CT molecular complexity index is 493. The van der Waals surface area contributed by atoms with Gasteiger partial charge in [-0.15, -0.1) is 12.4 Å². The largest absolute Gasteiger partial charge is 0.366 e. The number of halogens is 1. The van der Waals surface area contributed by atoms with Gasteiger partial charge in [-0.1, -0.05) is 17.3 Å². The van der Waals surface area contributed by atoms with Gasteiger partial charge in [0, 0.05) is 19.5 Å². The summed E-state index contributed by atoms with van der Waals surface area (Å²) in [4.78, 5) is 1.77. The van der Waals surface area contributed by atoms with E-state index < -0.39 is 0 Å². The van der Waals surface area contributed by atoms with Crippen molar-refractivity contribution in [1.29, 1.82) is 5.41 Å². The molecule has 86 valence electrons. The molecule has 1 heterocycles. The molecule has 0 saturated carbocycles. The van der Waals surface area contributed by atoms with Crippen molar-refractivity contribution in [3.63, 3.8) is 0 Å². The molecule has 0 amide bonds. The Kier molecular flexibility index (Phi) is 3.90. The molecular formula is C11H14ClN3O. The number of benzene rings is 1. The molecule has 0 radical (unpaired) electrons. The Balaban J connectivity index is 0.00000128. The molecule has 1 aromatic heterocycles. The van der Waals surface area contributed by atoms with E-state index in [9.17, 15) is 0 Å². The highest BCUT2D eigenvalue weighted by atomic mass is 35.5.